The number of amides is 2. The Morgan fingerprint density at radius 1 is 1.29 bits per heavy atom. The molecule has 2 amide bonds. The first kappa shape index (κ1) is 14.4. The first-order chi connectivity index (χ1) is 10.3. The van der Waals surface area contributed by atoms with Gasteiger partial charge in [0.25, 0.3) is 0 Å². The van der Waals surface area contributed by atoms with Crippen LogP contribution in [0.4, 0.5) is 4.79 Å². The molecule has 114 valence electrons. The number of nitrogens with one attached hydrogen (secondary N) is 2. The lowest BCUT2D eigenvalue weighted by atomic mass is 10.0. The molecule has 2 atom stereocenters. The summed E-state index contributed by atoms with van der Waals surface area (Å²) in [6.45, 7) is 4.34. The van der Waals surface area contributed by atoms with E-state index in [0.29, 0.717) is 18.6 Å². The molecule has 4 heteroatoms. The molecule has 1 saturated carbocycles. The lowest BCUT2D eigenvalue weighted by Gasteiger charge is -2.24. The van der Waals surface area contributed by atoms with Crippen LogP contribution in [0.1, 0.15) is 37.8 Å². The molecular formula is C17H25N3O. The number of carbonyl (C=O) groups excluding carboxylic acids is 1. The van der Waals surface area contributed by atoms with Crippen LogP contribution in [0.3, 0.4) is 0 Å². The number of urea groups is 1. The molecule has 1 aliphatic carbocycles. The summed E-state index contributed by atoms with van der Waals surface area (Å²) < 4.78 is 0. The van der Waals surface area contributed by atoms with Crippen LogP contribution in [0.5, 0.6) is 0 Å². The zero-order valence-corrected chi connectivity index (χ0v) is 12.7. The molecular weight excluding hydrogens is 262 g/mol. The molecule has 3 rings (SSSR count). The van der Waals surface area contributed by atoms with Gasteiger partial charge in [0.2, 0.25) is 0 Å². The van der Waals surface area contributed by atoms with Crippen molar-refractivity contribution in [3.63, 3.8) is 0 Å². The van der Waals surface area contributed by atoms with Gasteiger partial charge in [-0.2, -0.15) is 0 Å². The van der Waals surface area contributed by atoms with Gasteiger partial charge in [0.1, 0.15) is 0 Å². The summed E-state index contributed by atoms with van der Waals surface area (Å²) >= 11 is 0. The molecule has 1 heterocycles. The third-order valence-corrected chi connectivity index (χ3v) is 4.47. The number of carbonyl (C=O) groups is 1. The van der Waals surface area contributed by atoms with Crippen LogP contribution in [-0.2, 0) is 0 Å². The van der Waals surface area contributed by atoms with Gasteiger partial charge >= 0.3 is 6.03 Å². The number of rotatable bonds is 5. The standard InChI is InChI=1S/C17H25N3O/c1-2-18-17(21)20-11-10-15(12-20)19-16(14-8-9-14)13-6-4-3-5-7-13/h3-7,14-16,19H,2,8-12H2,1H3,(H,18,21)/t15-,16-/m0/s1. The number of likely N-dealkylation sites (tertiary alicyclic amines) is 1. The normalized spacial score (nSPS) is 23.1. The molecule has 1 saturated heterocycles. The highest BCUT2D eigenvalue weighted by molar-refractivity contribution is 5.74. The predicted octanol–water partition coefficient (Wildman–Crippen LogP) is 2.53. The van der Waals surface area contributed by atoms with Crippen molar-refractivity contribution in [1.29, 1.82) is 0 Å². The SMILES string of the molecule is CCNC(=O)N1CC[C@H](N[C@@H](c2ccccc2)C2CC2)C1. The van der Waals surface area contributed by atoms with Crippen molar-refractivity contribution in [2.75, 3.05) is 19.6 Å². The van der Waals surface area contributed by atoms with Crippen LogP contribution < -0.4 is 10.6 Å². The van der Waals surface area contributed by atoms with E-state index in [1.54, 1.807) is 0 Å². The Hall–Kier alpha value is -1.55. The molecule has 2 aliphatic rings. The average Bonchev–Trinajstić information content (AvgIpc) is 3.24. The van der Waals surface area contributed by atoms with E-state index in [2.05, 4.69) is 41.0 Å². The van der Waals surface area contributed by atoms with Gasteiger partial charge in [0, 0.05) is 31.7 Å². The van der Waals surface area contributed by atoms with E-state index in [9.17, 15) is 4.79 Å². The van der Waals surface area contributed by atoms with E-state index in [-0.39, 0.29) is 6.03 Å². The van der Waals surface area contributed by atoms with Gasteiger partial charge < -0.3 is 15.5 Å². The highest BCUT2D eigenvalue weighted by atomic mass is 16.2. The van der Waals surface area contributed by atoms with Crippen LogP contribution in [-0.4, -0.2) is 36.6 Å². The molecule has 1 aromatic rings. The predicted molar refractivity (Wildman–Crippen MR) is 84.1 cm³/mol. The highest BCUT2D eigenvalue weighted by Gasteiger charge is 2.35. The van der Waals surface area contributed by atoms with Gasteiger partial charge in [-0.05, 0) is 37.7 Å². The Morgan fingerprint density at radius 2 is 2.05 bits per heavy atom. The van der Waals surface area contributed by atoms with E-state index in [4.69, 9.17) is 0 Å². The number of hydrogen-bond donors (Lipinski definition) is 2. The Bertz CT molecular complexity index is 472. The van der Waals surface area contributed by atoms with Crippen molar-refractivity contribution < 1.29 is 4.79 Å². The minimum Gasteiger partial charge on any atom is -0.338 e. The maximum Gasteiger partial charge on any atom is 0.317 e. The average molecular weight is 287 g/mol. The molecule has 4 nitrogen and oxygen atoms in total. The minimum absolute atomic E-state index is 0.0736. The summed E-state index contributed by atoms with van der Waals surface area (Å²) in [5.41, 5.74) is 1.39. The van der Waals surface area contributed by atoms with E-state index in [1.165, 1.54) is 18.4 Å². The van der Waals surface area contributed by atoms with Crippen LogP contribution in [0.2, 0.25) is 0 Å². The van der Waals surface area contributed by atoms with Gasteiger partial charge in [-0.3, -0.25) is 0 Å². The lowest BCUT2D eigenvalue weighted by molar-refractivity contribution is 0.207. The maximum absolute atomic E-state index is 11.9. The van der Waals surface area contributed by atoms with Gasteiger partial charge in [0.15, 0.2) is 0 Å². The third kappa shape index (κ3) is 3.56. The van der Waals surface area contributed by atoms with Crippen molar-refractivity contribution >= 4 is 6.03 Å². The van der Waals surface area contributed by atoms with Crippen molar-refractivity contribution in [2.45, 2.75) is 38.3 Å². The molecule has 0 unspecified atom stereocenters. The maximum atomic E-state index is 11.9. The van der Waals surface area contributed by atoms with Gasteiger partial charge in [-0.1, -0.05) is 30.3 Å². The second-order valence-corrected chi connectivity index (χ2v) is 6.16. The number of hydrogen-bond acceptors (Lipinski definition) is 2. The molecule has 2 N–H and O–H groups in total. The van der Waals surface area contributed by atoms with E-state index < -0.39 is 0 Å². The lowest BCUT2D eigenvalue weighted by Crippen LogP contribution is -2.41. The summed E-state index contributed by atoms with van der Waals surface area (Å²) in [6, 6.07) is 11.7. The van der Waals surface area contributed by atoms with Crippen molar-refractivity contribution in [3.05, 3.63) is 35.9 Å². The fourth-order valence-corrected chi connectivity index (χ4v) is 3.19. The quantitative estimate of drug-likeness (QED) is 0.874. The van der Waals surface area contributed by atoms with Crippen LogP contribution in [0.15, 0.2) is 30.3 Å². The summed E-state index contributed by atoms with van der Waals surface area (Å²) in [4.78, 5) is 13.8. The molecule has 0 radical (unpaired) electrons. The summed E-state index contributed by atoms with van der Waals surface area (Å²) in [7, 11) is 0. The van der Waals surface area contributed by atoms with E-state index in [1.807, 2.05) is 11.8 Å². The summed E-state index contributed by atoms with van der Waals surface area (Å²) in [6.07, 6.45) is 3.69. The third-order valence-electron chi connectivity index (χ3n) is 4.47. The van der Waals surface area contributed by atoms with Gasteiger partial charge in [0.05, 0.1) is 0 Å². The van der Waals surface area contributed by atoms with Crippen molar-refractivity contribution in [3.8, 4) is 0 Å². The second-order valence-electron chi connectivity index (χ2n) is 6.16. The summed E-state index contributed by atoms with van der Waals surface area (Å²) in [5.74, 6) is 0.769. The van der Waals surface area contributed by atoms with Crippen LogP contribution >= 0.6 is 0 Å². The highest BCUT2D eigenvalue weighted by Crippen LogP contribution is 2.41. The van der Waals surface area contributed by atoms with Crippen LogP contribution in [0, 0.1) is 5.92 Å². The summed E-state index contributed by atoms with van der Waals surface area (Å²) in [5, 5.41) is 6.69. The fourth-order valence-electron chi connectivity index (χ4n) is 3.19. The largest absolute Gasteiger partial charge is 0.338 e. The topological polar surface area (TPSA) is 44.4 Å². The number of nitrogens with zero attached hydrogens (tertiary/aromatic N) is 1. The molecule has 21 heavy (non-hydrogen) atoms. The zero-order valence-electron chi connectivity index (χ0n) is 12.7. The molecule has 1 aliphatic heterocycles. The minimum atomic E-state index is 0.0736. The smallest absolute Gasteiger partial charge is 0.317 e. The molecule has 0 spiro atoms. The first-order valence-electron chi connectivity index (χ1n) is 8.11. The van der Waals surface area contributed by atoms with Crippen molar-refractivity contribution in [2.24, 2.45) is 5.92 Å². The van der Waals surface area contributed by atoms with Gasteiger partial charge in [-0.25, -0.2) is 4.79 Å². The second kappa shape index (κ2) is 6.48. The van der Waals surface area contributed by atoms with Crippen LogP contribution in [0.25, 0.3) is 0 Å². The fraction of sp³-hybridized carbons (Fsp3) is 0.588. The molecule has 2 fully saturated rings. The van der Waals surface area contributed by atoms with Gasteiger partial charge in [-0.15, -0.1) is 0 Å². The monoisotopic (exact) mass is 287 g/mol. The Kier molecular flexibility index (Phi) is 4.44. The van der Waals surface area contributed by atoms with E-state index in [0.717, 1.165) is 25.4 Å². The zero-order chi connectivity index (χ0) is 14.7. The first-order valence-corrected chi connectivity index (χ1v) is 8.11. The Labute approximate surface area is 126 Å². The molecule has 0 aromatic heterocycles. The van der Waals surface area contributed by atoms with E-state index >= 15 is 0 Å². The Balaban J connectivity index is 1.59. The molecule has 1 aromatic carbocycles. The van der Waals surface area contributed by atoms with Crippen molar-refractivity contribution in [1.82, 2.24) is 15.5 Å². The number of benzene rings is 1. The Morgan fingerprint density at radius 3 is 2.71 bits per heavy atom. The molecule has 0 bridgehead atoms.